The molecule has 0 bridgehead atoms. The molecular formula is C13H8N2O2. The molecule has 82 valence electrons. The zero-order valence-electron chi connectivity index (χ0n) is 8.79. The molecule has 1 heterocycles. The maximum Gasteiger partial charge on any atom is 0.218 e. The molecule has 0 amide bonds. The Balaban J connectivity index is 2.59. The molecule has 2 rings (SSSR count). The van der Waals surface area contributed by atoms with E-state index in [1.807, 2.05) is 6.07 Å². The van der Waals surface area contributed by atoms with Gasteiger partial charge in [0.15, 0.2) is 0 Å². The number of aldehydes is 1. The molecule has 2 aromatic rings. The summed E-state index contributed by atoms with van der Waals surface area (Å²) in [6, 6.07) is 10.2. The maximum atomic E-state index is 10.7. The first-order valence-electron chi connectivity index (χ1n) is 4.89. The Kier molecular flexibility index (Phi) is 2.84. The number of aromatic nitrogens is 1. The van der Waals surface area contributed by atoms with Crippen LogP contribution in [0.4, 0.5) is 0 Å². The first-order valence-corrected chi connectivity index (χ1v) is 4.89. The van der Waals surface area contributed by atoms with Crippen LogP contribution in [0.3, 0.4) is 0 Å². The molecule has 4 heteroatoms. The lowest BCUT2D eigenvalue weighted by atomic mass is 10.0. The maximum absolute atomic E-state index is 10.7. The highest BCUT2D eigenvalue weighted by Gasteiger charge is 2.07. The molecule has 1 N–H and O–H groups in total. The van der Waals surface area contributed by atoms with Gasteiger partial charge in [-0.15, -0.1) is 0 Å². The van der Waals surface area contributed by atoms with Gasteiger partial charge in [0, 0.05) is 17.3 Å². The van der Waals surface area contributed by atoms with Gasteiger partial charge in [-0.05, 0) is 17.7 Å². The van der Waals surface area contributed by atoms with Crippen molar-refractivity contribution in [1.82, 2.24) is 4.98 Å². The molecular weight excluding hydrogens is 216 g/mol. The van der Waals surface area contributed by atoms with Crippen LogP contribution in [0.15, 0.2) is 36.5 Å². The number of rotatable bonds is 2. The molecule has 0 unspecified atom stereocenters. The Morgan fingerprint density at radius 1 is 1.35 bits per heavy atom. The van der Waals surface area contributed by atoms with Gasteiger partial charge in [0.1, 0.15) is 12.4 Å². The summed E-state index contributed by atoms with van der Waals surface area (Å²) >= 11 is 0. The SMILES string of the molecule is N#Cc1cnc(O)c(-c2cccc(C=O)c2)c1. The van der Waals surface area contributed by atoms with E-state index in [1.165, 1.54) is 12.3 Å². The molecule has 0 aliphatic carbocycles. The van der Waals surface area contributed by atoms with Gasteiger partial charge in [-0.3, -0.25) is 4.79 Å². The fourth-order valence-electron chi connectivity index (χ4n) is 1.51. The summed E-state index contributed by atoms with van der Waals surface area (Å²) in [6.45, 7) is 0. The lowest BCUT2D eigenvalue weighted by Crippen LogP contribution is -1.87. The second-order valence-corrected chi connectivity index (χ2v) is 3.45. The average molecular weight is 224 g/mol. The molecule has 0 aliphatic rings. The van der Waals surface area contributed by atoms with Crippen LogP contribution in [0.5, 0.6) is 5.88 Å². The third-order valence-electron chi connectivity index (χ3n) is 2.33. The van der Waals surface area contributed by atoms with E-state index >= 15 is 0 Å². The van der Waals surface area contributed by atoms with Crippen molar-refractivity contribution < 1.29 is 9.90 Å². The quantitative estimate of drug-likeness (QED) is 0.793. The molecule has 0 spiro atoms. The summed E-state index contributed by atoms with van der Waals surface area (Å²) in [4.78, 5) is 14.4. The topological polar surface area (TPSA) is 74.0 Å². The van der Waals surface area contributed by atoms with Gasteiger partial charge in [-0.1, -0.05) is 18.2 Å². The van der Waals surface area contributed by atoms with Crippen molar-refractivity contribution in [3.8, 4) is 23.1 Å². The Bertz CT molecular complexity index is 615. The van der Waals surface area contributed by atoms with E-state index in [-0.39, 0.29) is 5.88 Å². The number of carbonyl (C=O) groups excluding carboxylic acids is 1. The number of hydrogen-bond acceptors (Lipinski definition) is 4. The Morgan fingerprint density at radius 3 is 2.88 bits per heavy atom. The monoisotopic (exact) mass is 224 g/mol. The summed E-state index contributed by atoms with van der Waals surface area (Å²) in [5, 5.41) is 18.4. The van der Waals surface area contributed by atoms with Crippen molar-refractivity contribution >= 4 is 6.29 Å². The van der Waals surface area contributed by atoms with Gasteiger partial charge in [-0.2, -0.15) is 5.26 Å². The first-order chi connectivity index (χ1) is 8.24. The standard InChI is InChI=1S/C13H8N2O2/c14-6-10-5-12(13(17)15-7-10)11-3-1-2-9(4-11)8-16/h1-5,7-8H,(H,15,17). The van der Waals surface area contributed by atoms with Crippen LogP contribution >= 0.6 is 0 Å². The van der Waals surface area contributed by atoms with E-state index in [9.17, 15) is 9.90 Å². The second-order valence-electron chi connectivity index (χ2n) is 3.45. The third-order valence-corrected chi connectivity index (χ3v) is 2.33. The Morgan fingerprint density at radius 2 is 2.18 bits per heavy atom. The molecule has 0 radical (unpaired) electrons. The van der Waals surface area contributed by atoms with Crippen LogP contribution in [-0.2, 0) is 0 Å². The van der Waals surface area contributed by atoms with Crippen molar-refractivity contribution in [2.24, 2.45) is 0 Å². The van der Waals surface area contributed by atoms with Crippen LogP contribution < -0.4 is 0 Å². The fourth-order valence-corrected chi connectivity index (χ4v) is 1.51. The second kappa shape index (κ2) is 4.45. The number of nitriles is 1. The van der Waals surface area contributed by atoms with Gasteiger partial charge in [-0.25, -0.2) is 4.98 Å². The molecule has 0 fully saturated rings. The summed E-state index contributed by atoms with van der Waals surface area (Å²) < 4.78 is 0. The summed E-state index contributed by atoms with van der Waals surface area (Å²) in [6.07, 6.45) is 2.02. The van der Waals surface area contributed by atoms with Crippen molar-refractivity contribution in [3.05, 3.63) is 47.7 Å². The highest BCUT2D eigenvalue weighted by molar-refractivity contribution is 5.80. The normalized spacial score (nSPS) is 9.59. The van der Waals surface area contributed by atoms with E-state index < -0.39 is 0 Å². The Labute approximate surface area is 97.8 Å². The minimum atomic E-state index is -0.160. The number of hydrogen-bond donors (Lipinski definition) is 1. The Hall–Kier alpha value is -2.67. The van der Waals surface area contributed by atoms with Gasteiger partial charge in [0.2, 0.25) is 5.88 Å². The average Bonchev–Trinajstić information content (AvgIpc) is 2.39. The van der Waals surface area contributed by atoms with Gasteiger partial charge >= 0.3 is 0 Å². The summed E-state index contributed by atoms with van der Waals surface area (Å²) in [7, 11) is 0. The van der Waals surface area contributed by atoms with Crippen LogP contribution in [0.25, 0.3) is 11.1 Å². The summed E-state index contributed by atoms with van der Waals surface area (Å²) in [5.41, 5.74) is 1.95. The lowest BCUT2D eigenvalue weighted by Gasteiger charge is -2.04. The number of benzene rings is 1. The zero-order chi connectivity index (χ0) is 12.3. The van der Waals surface area contributed by atoms with Crippen molar-refractivity contribution in [2.75, 3.05) is 0 Å². The predicted octanol–water partition coefficient (Wildman–Crippen LogP) is 2.14. The smallest absolute Gasteiger partial charge is 0.218 e. The molecule has 1 aromatic heterocycles. The minimum absolute atomic E-state index is 0.160. The predicted molar refractivity (Wildman–Crippen MR) is 61.4 cm³/mol. The number of aromatic hydroxyl groups is 1. The number of nitrogens with zero attached hydrogens (tertiary/aromatic N) is 2. The van der Waals surface area contributed by atoms with E-state index in [4.69, 9.17) is 5.26 Å². The van der Waals surface area contributed by atoms with E-state index in [2.05, 4.69) is 4.98 Å². The van der Waals surface area contributed by atoms with Crippen molar-refractivity contribution in [1.29, 1.82) is 5.26 Å². The summed E-state index contributed by atoms with van der Waals surface area (Å²) in [5.74, 6) is -0.160. The van der Waals surface area contributed by atoms with E-state index in [0.29, 0.717) is 22.3 Å². The van der Waals surface area contributed by atoms with Gasteiger partial charge < -0.3 is 5.11 Å². The number of carbonyl (C=O) groups is 1. The highest BCUT2D eigenvalue weighted by atomic mass is 16.3. The molecule has 17 heavy (non-hydrogen) atoms. The minimum Gasteiger partial charge on any atom is -0.493 e. The first kappa shape index (κ1) is 10.8. The fraction of sp³-hybridized carbons (Fsp3) is 0. The third kappa shape index (κ3) is 2.13. The molecule has 0 saturated heterocycles. The largest absolute Gasteiger partial charge is 0.493 e. The van der Waals surface area contributed by atoms with Crippen LogP contribution in [0.1, 0.15) is 15.9 Å². The van der Waals surface area contributed by atoms with E-state index in [1.54, 1.807) is 24.3 Å². The van der Waals surface area contributed by atoms with Crippen LogP contribution in [0, 0.1) is 11.3 Å². The van der Waals surface area contributed by atoms with Gasteiger partial charge in [0.25, 0.3) is 0 Å². The molecule has 0 saturated carbocycles. The van der Waals surface area contributed by atoms with Crippen molar-refractivity contribution in [2.45, 2.75) is 0 Å². The molecule has 0 aliphatic heterocycles. The van der Waals surface area contributed by atoms with Crippen LogP contribution in [0.2, 0.25) is 0 Å². The van der Waals surface area contributed by atoms with Gasteiger partial charge in [0.05, 0.1) is 5.56 Å². The van der Waals surface area contributed by atoms with Crippen molar-refractivity contribution in [3.63, 3.8) is 0 Å². The number of pyridine rings is 1. The molecule has 1 aromatic carbocycles. The van der Waals surface area contributed by atoms with E-state index in [0.717, 1.165) is 6.29 Å². The highest BCUT2D eigenvalue weighted by Crippen LogP contribution is 2.28. The lowest BCUT2D eigenvalue weighted by molar-refractivity contribution is 0.112. The molecule has 0 atom stereocenters. The van der Waals surface area contributed by atoms with Crippen LogP contribution in [-0.4, -0.2) is 16.4 Å². The zero-order valence-corrected chi connectivity index (χ0v) is 8.79. The molecule has 4 nitrogen and oxygen atoms in total.